The minimum Gasteiger partial charge on any atom is -0.0888 e. The highest BCUT2D eigenvalue weighted by atomic mass is 32.2. The number of rotatable bonds is 10. The second-order valence-corrected chi connectivity index (χ2v) is 15.6. The fourth-order valence-corrected chi connectivity index (χ4v) is 9.20. The van der Waals surface area contributed by atoms with Gasteiger partial charge in [-0.05, 0) is 93.8 Å². The van der Waals surface area contributed by atoms with Crippen LogP contribution in [0.1, 0.15) is 35.1 Å². The van der Waals surface area contributed by atoms with E-state index in [1.54, 1.807) is 0 Å². The van der Waals surface area contributed by atoms with Crippen LogP contribution in [0, 0.1) is 0 Å². The average Bonchev–Trinajstić information content (AvgIpc) is 3.67. The Bertz CT molecular complexity index is 2380. The summed E-state index contributed by atoms with van der Waals surface area (Å²) in [5, 5.41) is 0. The van der Waals surface area contributed by atoms with Crippen LogP contribution >= 0.6 is 23.1 Å². The Morgan fingerprint density at radius 2 is 0.891 bits per heavy atom. The average molecular weight is 742 g/mol. The van der Waals surface area contributed by atoms with Gasteiger partial charge >= 0.3 is 0 Å². The molecule has 0 fully saturated rings. The third-order valence-electron chi connectivity index (χ3n) is 9.63. The van der Waals surface area contributed by atoms with E-state index in [4.69, 9.17) is 0 Å². The first-order valence-corrected chi connectivity index (χ1v) is 20.4. The van der Waals surface area contributed by atoms with Gasteiger partial charge < -0.3 is 0 Å². The van der Waals surface area contributed by atoms with Crippen LogP contribution < -0.4 is 0 Å². The van der Waals surface area contributed by atoms with Gasteiger partial charge in [-0.25, -0.2) is 0 Å². The molecule has 2 heterocycles. The zero-order valence-corrected chi connectivity index (χ0v) is 32.2. The highest BCUT2D eigenvalue weighted by Crippen LogP contribution is 2.44. The molecule has 0 bridgehead atoms. The molecule has 264 valence electrons. The Kier molecular flexibility index (Phi) is 11.7. The molecule has 6 aromatic rings. The minimum atomic E-state index is 1.02. The molecular formula is C53H41S2+. The van der Waals surface area contributed by atoms with Gasteiger partial charge in [0.05, 0.1) is 0 Å². The van der Waals surface area contributed by atoms with Crippen molar-refractivity contribution in [2.45, 2.75) is 12.8 Å². The van der Waals surface area contributed by atoms with Crippen LogP contribution in [0.15, 0.2) is 235 Å². The third kappa shape index (κ3) is 9.19. The maximum absolute atomic E-state index is 2.30. The lowest BCUT2D eigenvalue weighted by Crippen LogP contribution is -1.90. The summed E-state index contributed by atoms with van der Waals surface area (Å²) in [6.07, 6.45) is 24.5. The van der Waals surface area contributed by atoms with Crippen molar-refractivity contribution < 1.29 is 0 Å². The van der Waals surface area contributed by atoms with Crippen LogP contribution in [0.4, 0.5) is 0 Å². The van der Waals surface area contributed by atoms with Crippen LogP contribution in [0.25, 0.3) is 42.3 Å². The first-order chi connectivity index (χ1) is 27.3. The van der Waals surface area contributed by atoms with E-state index in [1.165, 1.54) is 75.2 Å². The lowest BCUT2D eigenvalue weighted by molar-refractivity contribution is 1.03. The monoisotopic (exact) mass is 741 g/mol. The Hall–Kier alpha value is -6.06. The normalized spacial score (nSPS) is 15.3. The standard InChI is InChI=1S/C53H41S2/c1-6-22-42(23-7-1)49-36-40(37-50(54-49)43-24-8-2-9-25-43)20-16-18-32-47-34-35-48(53(47)46-30-14-5-15-31-46)33-19-17-21-41-38-51(44-26-10-3-11-27-44)55-52(39-41)45-28-12-4-13-29-45/h1-33,36-39H,34-35H2/q+1. The number of hydrogen-bond donors (Lipinski definition) is 0. The van der Waals surface area contributed by atoms with Crippen LogP contribution in [0.3, 0.4) is 0 Å². The second-order valence-electron chi connectivity index (χ2n) is 13.4. The molecule has 0 N–H and O–H groups in total. The van der Waals surface area contributed by atoms with Crippen LogP contribution in [0.2, 0.25) is 0 Å². The van der Waals surface area contributed by atoms with Crippen LogP contribution in [-0.4, -0.2) is 0 Å². The van der Waals surface area contributed by atoms with Gasteiger partial charge in [-0.3, -0.25) is 0 Å². The molecule has 1 aliphatic carbocycles. The van der Waals surface area contributed by atoms with Crippen molar-refractivity contribution in [3.05, 3.63) is 257 Å². The topological polar surface area (TPSA) is 0 Å². The number of benzene rings is 5. The molecule has 8 rings (SSSR count). The van der Waals surface area contributed by atoms with Gasteiger partial charge in [-0.1, -0.05) is 188 Å². The molecule has 0 unspecified atom stereocenters. The Morgan fingerprint density at radius 1 is 0.436 bits per heavy atom. The van der Waals surface area contributed by atoms with E-state index in [-0.39, 0.29) is 0 Å². The lowest BCUT2D eigenvalue weighted by atomic mass is 9.97. The molecule has 2 aliphatic rings. The maximum atomic E-state index is 2.30. The smallest absolute Gasteiger partial charge is 0.0888 e. The Balaban J connectivity index is 1.06. The quantitative estimate of drug-likeness (QED) is 0.0995. The molecule has 0 radical (unpaired) electrons. The highest BCUT2D eigenvalue weighted by molar-refractivity contribution is 8.16. The first kappa shape index (κ1) is 35.9. The van der Waals surface area contributed by atoms with Crippen molar-refractivity contribution in [1.82, 2.24) is 0 Å². The summed E-state index contributed by atoms with van der Waals surface area (Å²) in [6.45, 7) is 0. The van der Waals surface area contributed by atoms with E-state index in [1.807, 2.05) is 23.1 Å². The summed E-state index contributed by atoms with van der Waals surface area (Å²) in [6, 6.07) is 58.1. The molecular weight excluding hydrogens is 701 g/mol. The minimum absolute atomic E-state index is 1.02. The molecule has 55 heavy (non-hydrogen) atoms. The van der Waals surface area contributed by atoms with Gasteiger partial charge in [0.1, 0.15) is 0 Å². The molecule has 2 heteroatoms. The van der Waals surface area contributed by atoms with Crippen molar-refractivity contribution in [3.8, 4) is 20.9 Å². The Labute approximate surface area is 334 Å². The summed E-state index contributed by atoms with van der Waals surface area (Å²) in [5.41, 5.74) is 12.7. The third-order valence-corrected chi connectivity index (χ3v) is 11.9. The summed E-state index contributed by atoms with van der Waals surface area (Å²) in [7, 11) is 0. The van der Waals surface area contributed by atoms with Gasteiger partial charge in [0.25, 0.3) is 0 Å². The van der Waals surface area contributed by atoms with Gasteiger partial charge in [0.2, 0.25) is 21.1 Å². The van der Waals surface area contributed by atoms with Gasteiger partial charge in [0, 0.05) is 33.1 Å². The predicted molar refractivity (Wildman–Crippen MR) is 242 cm³/mol. The molecule has 0 amide bonds. The van der Waals surface area contributed by atoms with Crippen LogP contribution in [0.5, 0.6) is 0 Å². The SMILES string of the molecule is C(/C=C/C=C1\CCC(/C=C/C=C/c2cc(-c3ccccc3)[s+]c(-c3ccccc3)c2)=C1c1ccccc1)=C1C=C(c2ccccc2)SC(c2ccccc2)=C1. The van der Waals surface area contributed by atoms with E-state index >= 15 is 0 Å². The van der Waals surface area contributed by atoms with E-state index in [0.29, 0.717) is 0 Å². The lowest BCUT2D eigenvalue weighted by Gasteiger charge is -2.17. The first-order valence-electron chi connectivity index (χ1n) is 18.8. The molecule has 0 saturated carbocycles. The van der Waals surface area contributed by atoms with Gasteiger partial charge in [-0.15, -0.1) is 0 Å². The van der Waals surface area contributed by atoms with E-state index in [0.717, 1.165) is 12.8 Å². The highest BCUT2D eigenvalue weighted by Gasteiger charge is 2.20. The van der Waals surface area contributed by atoms with Crippen molar-refractivity contribution >= 4 is 44.6 Å². The molecule has 0 spiro atoms. The molecule has 1 aromatic heterocycles. The summed E-state index contributed by atoms with van der Waals surface area (Å²) in [4.78, 5) is 5.04. The molecule has 0 nitrogen and oxygen atoms in total. The fraction of sp³-hybridized carbons (Fsp3) is 0.0377. The largest absolute Gasteiger partial charge is 0.239 e. The number of hydrogen-bond acceptors (Lipinski definition) is 1. The summed E-state index contributed by atoms with van der Waals surface area (Å²) < 4.78 is 0. The van der Waals surface area contributed by atoms with Gasteiger partial charge in [0.15, 0.2) is 0 Å². The summed E-state index contributed by atoms with van der Waals surface area (Å²) >= 11 is 3.67. The van der Waals surface area contributed by atoms with Crippen molar-refractivity contribution in [1.29, 1.82) is 0 Å². The summed E-state index contributed by atoms with van der Waals surface area (Å²) in [5.74, 6) is 0. The van der Waals surface area contributed by atoms with Crippen molar-refractivity contribution in [3.63, 3.8) is 0 Å². The zero-order valence-electron chi connectivity index (χ0n) is 30.6. The van der Waals surface area contributed by atoms with Gasteiger partial charge in [-0.2, -0.15) is 0 Å². The van der Waals surface area contributed by atoms with E-state index in [9.17, 15) is 0 Å². The van der Waals surface area contributed by atoms with Crippen LogP contribution in [-0.2, 0) is 0 Å². The molecule has 1 aliphatic heterocycles. The Morgan fingerprint density at radius 3 is 1.42 bits per heavy atom. The van der Waals surface area contributed by atoms with Crippen molar-refractivity contribution in [2.24, 2.45) is 0 Å². The maximum Gasteiger partial charge on any atom is 0.239 e. The molecule has 0 atom stereocenters. The second kappa shape index (κ2) is 17.8. The molecule has 5 aromatic carbocycles. The predicted octanol–water partition coefficient (Wildman–Crippen LogP) is 15.4. The van der Waals surface area contributed by atoms with Crippen molar-refractivity contribution in [2.75, 3.05) is 0 Å². The number of allylic oxidation sites excluding steroid dienone is 13. The van der Waals surface area contributed by atoms with E-state index < -0.39 is 0 Å². The fourth-order valence-electron chi connectivity index (χ4n) is 6.93. The van der Waals surface area contributed by atoms with E-state index in [2.05, 4.69) is 225 Å². The zero-order chi connectivity index (χ0) is 37.1. The number of thioether (sulfide) groups is 1. The molecule has 0 saturated heterocycles.